The van der Waals surface area contributed by atoms with Crippen LogP contribution in [0.15, 0.2) is 24.3 Å². The molecule has 7 heteroatoms. The number of nitro benzene ring substituents is 1. The summed E-state index contributed by atoms with van der Waals surface area (Å²) in [6.07, 6.45) is 1.91. The lowest BCUT2D eigenvalue weighted by Crippen LogP contribution is -2.47. The van der Waals surface area contributed by atoms with E-state index in [9.17, 15) is 19.7 Å². The van der Waals surface area contributed by atoms with Crippen molar-refractivity contribution in [3.63, 3.8) is 0 Å². The molecule has 1 atom stereocenters. The van der Waals surface area contributed by atoms with Gasteiger partial charge >= 0.3 is 5.97 Å². The average Bonchev–Trinajstić information content (AvgIpc) is 2.46. The van der Waals surface area contributed by atoms with E-state index in [1.807, 2.05) is 0 Å². The number of carboxylic acids is 1. The summed E-state index contributed by atoms with van der Waals surface area (Å²) in [5, 5.41) is 19.9. The number of hydrogen-bond acceptors (Lipinski definition) is 4. The van der Waals surface area contributed by atoms with E-state index in [1.165, 1.54) is 29.2 Å². The highest BCUT2D eigenvalue weighted by Gasteiger charge is 2.32. The van der Waals surface area contributed by atoms with E-state index in [-0.39, 0.29) is 11.3 Å². The molecule has 1 aliphatic heterocycles. The highest BCUT2D eigenvalue weighted by molar-refractivity contribution is 5.97. The summed E-state index contributed by atoms with van der Waals surface area (Å²) in [4.78, 5) is 34.9. The second kappa shape index (κ2) is 5.68. The van der Waals surface area contributed by atoms with Gasteiger partial charge < -0.3 is 10.0 Å². The van der Waals surface area contributed by atoms with Crippen molar-refractivity contribution in [2.45, 2.75) is 25.3 Å². The Kier molecular flexibility index (Phi) is 3.97. The molecule has 0 bridgehead atoms. The van der Waals surface area contributed by atoms with Crippen molar-refractivity contribution in [1.82, 2.24) is 4.90 Å². The van der Waals surface area contributed by atoms with Crippen molar-refractivity contribution in [3.05, 3.63) is 39.9 Å². The van der Waals surface area contributed by atoms with Crippen LogP contribution in [0.1, 0.15) is 29.6 Å². The smallest absolute Gasteiger partial charge is 0.326 e. The molecular formula is C13H14N2O5. The number of non-ortho nitro benzene ring substituents is 1. The number of carbonyl (C=O) groups is 2. The highest BCUT2D eigenvalue weighted by Crippen LogP contribution is 2.21. The first-order chi connectivity index (χ1) is 9.50. The Morgan fingerprint density at radius 2 is 2.10 bits per heavy atom. The van der Waals surface area contributed by atoms with Crippen LogP contribution in [0, 0.1) is 10.1 Å². The SMILES string of the molecule is O=C(O)C1CCCCN1C(=O)c1cccc([N+](=O)[O-])c1. The minimum atomic E-state index is -1.04. The van der Waals surface area contributed by atoms with Crippen LogP contribution in [0.2, 0.25) is 0 Å². The molecule has 0 radical (unpaired) electrons. The molecule has 1 amide bonds. The number of likely N-dealkylation sites (tertiary alicyclic amines) is 1. The Balaban J connectivity index is 2.27. The lowest BCUT2D eigenvalue weighted by atomic mass is 10.0. The zero-order valence-electron chi connectivity index (χ0n) is 10.7. The van der Waals surface area contributed by atoms with Crippen molar-refractivity contribution in [3.8, 4) is 0 Å². The second-order valence-electron chi connectivity index (χ2n) is 4.66. The van der Waals surface area contributed by atoms with E-state index in [0.29, 0.717) is 13.0 Å². The lowest BCUT2D eigenvalue weighted by Gasteiger charge is -2.32. The Morgan fingerprint density at radius 1 is 1.35 bits per heavy atom. The number of carbonyl (C=O) groups excluding carboxylic acids is 1. The van der Waals surface area contributed by atoms with Gasteiger partial charge in [0.1, 0.15) is 6.04 Å². The number of hydrogen-bond donors (Lipinski definition) is 1. The van der Waals surface area contributed by atoms with E-state index in [4.69, 9.17) is 5.11 Å². The fourth-order valence-corrected chi connectivity index (χ4v) is 2.35. The molecule has 0 saturated carbocycles. The number of piperidine rings is 1. The van der Waals surface area contributed by atoms with Crippen molar-refractivity contribution in [2.24, 2.45) is 0 Å². The van der Waals surface area contributed by atoms with E-state index in [0.717, 1.165) is 12.8 Å². The van der Waals surface area contributed by atoms with E-state index in [2.05, 4.69) is 0 Å². The van der Waals surface area contributed by atoms with Gasteiger partial charge in [0.05, 0.1) is 4.92 Å². The number of rotatable bonds is 3. The molecule has 7 nitrogen and oxygen atoms in total. The molecule has 1 aromatic rings. The molecule has 20 heavy (non-hydrogen) atoms. The number of nitrogens with zero attached hydrogens (tertiary/aromatic N) is 2. The summed E-state index contributed by atoms with van der Waals surface area (Å²) in [5.41, 5.74) is -0.0351. The summed E-state index contributed by atoms with van der Waals surface area (Å²) in [7, 11) is 0. The van der Waals surface area contributed by atoms with Crippen LogP contribution in [0.25, 0.3) is 0 Å². The van der Waals surface area contributed by atoms with Crippen molar-refractivity contribution in [1.29, 1.82) is 0 Å². The van der Waals surface area contributed by atoms with Gasteiger partial charge in [0, 0.05) is 24.2 Å². The second-order valence-corrected chi connectivity index (χ2v) is 4.66. The fraction of sp³-hybridized carbons (Fsp3) is 0.385. The summed E-state index contributed by atoms with van der Waals surface area (Å²) < 4.78 is 0. The van der Waals surface area contributed by atoms with Gasteiger partial charge in [-0.25, -0.2) is 4.79 Å². The molecule has 1 aromatic carbocycles. The van der Waals surface area contributed by atoms with Gasteiger partial charge in [-0.3, -0.25) is 14.9 Å². The minimum absolute atomic E-state index is 0.146. The van der Waals surface area contributed by atoms with Crippen molar-refractivity contribution >= 4 is 17.6 Å². The Morgan fingerprint density at radius 3 is 2.75 bits per heavy atom. The monoisotopic (exact) mass is 278 g/mol. The molecule has 1 fully saturated rings. The number of aliphatic carboxylic acids is 1. The summed E-state index contributed by atoms with van der Waals surface area (Å²) in [6, 6.07) is 4.50. The minimum Gasteiger partial charge on any atom is -0.480 e. The van der Waals surface area contributed by atoms with Gasteiger partial charge in [-0.15, -0.1) is 0 Å². The molecule has 0 aliphatic carbocycles. The first kappa shape index (κ1) is 14.0. The topological polar surface area (TPSA) is 101 Å². The van der Waals surface area contributed by atoms with Crippen LogP contribution in [0.3, 0.4) is 0 Å². The maximum Gasteiger partial charge on any atom is 0.326 e. The third-order valence-electron chi connectivity index (χ3n) is 3.35. The predicted molar refractivity (Wildman–Crippen MR) is 69.4 cm³/mol. The molecule has 1 unspecified atom stereocenters. The van der Waals surface area contributed by atoms with Crippen molar-refractivity contribution in [2.75, 3.05) is 6.54 Å². The number of carboxylic acid groups (broad SMARTS) is 1. The van der Waals surface area contributed by atoms with Crippen LogP contribution >= 0.6 is 0 Å². The number of amides is 1. The molecule has 1 heterocycles. The van der Waals surface area contributed by atoms with Crippen LogP contribution in [0.4, 0.5) is 5.69 Å². The van der Waals surface area contributed by atoms with Gasteiger partial charge in [0.15, 0.2) is 0 Å². The average molecular weight is 278 g/mol. The van der Waals surface area contributed by atoms with Crippen LogP contribution < -0.4 is 0 Å². The van der Waals surface area contributed by atoms with Gasteiger partial charge in [-0.1, -0.05) is 6.07 Å². The fourth-order valence-electron chi connectivity index (χ4n) is 2.35. The van der Waals surface area contributed by atoms with Gasteiger partial charge in [-0.2, -0.15) is 0 Å². The van der Waals surface area contributed by atoms with E-state index >= 15 is 0 Å². The molecule has 1 aliphatic rings. The van der Waals surface area contributed by atoms with E-state index in [1.54, 1.807) is 0 Å². The zero-order chi connectivity index (χ0) is 14.7. The molecule has 2 rings (SSSR count). The zero-order valence-corrected chi connectivity index (χ0v) is 10.7. The third kappa shape index (κ3) is 2.76. The number of nitro groups is 1. The highest BCUT2D eigenvalue weighted by atomic mass is 16.6. The normalized spacial score (nSPS) is 18.6. The molecule has 106 valence electrons. The number of benzene rings is 1. The standard InChI is InChI=1S/C13H14N2O5/c16-12(9-4-3-5-10(8-9)15(19)20)14-7-2-1-6-11(14)13(17)18/h3-5,8,11H,1-2,6-7H2,(H,17,18). The first-order valence-corrected chi connectivity index (χ1v) is 6.29. The van der Waals surface area contributed by atoms with Crippen molar-refractivity contribution < 1.29 is 19.6 Å². The summed E-state index contributed by atoms with van der Waals surface area (Å²) in [6.45, 7) is 0.360. The van der Waals surface area contributed by atoms with Crippen LogP contribution in [0.5, 0.6) is 0 Å². The van der Waals surface area contributed by atoms with Gasteiger partial charge in [0.25, 0.3) is 11.6 Å². The van der Waals surface area contributed by atoms with E-state index < -0.39 is 22.8 Å². The molecule has 1 saturated heterocycles. The molecule has 0 spiro atoms. The van der Waals surface area contributed by atoms with Crippen LogP contribution in [-0.4, -0.2) is 39.4 Å². The quantitative estimate of drug-likeness (QED) is 0.669. The lowest BCUT2D eigenvalue weighted by molar-refractivity contribution is -0.384. The predicted octanol–water partition coefficient (Wildman–Crippen LogP) is 1.67. The Bertz CT molecular complexity index is 557. The maximum atomic E-state index is 12.3. The molecular weight excluding hydrogens is 264 g/mol. The van der Waals surface area contributed by atoms with Gasteiger partial charge in [0.2, 0.25) is 0 Å². The third-order valence-corrected chi connectivity index (χ3v) is 3.35. The Labute approximate surface area is 115 Å². The summed E-state index contributed by atoms with van der Waals surface area (Å²) >= 11 is 0. The maximum absolute atomic E-state index is 12.3. The Hall–Kier alpha value is -2.44. The molecule has 1 N–H and O–H groups in total. The van der Waals surface area contributed by atoms with Gasteiger partial charge in [-0.05, 0) is 25.3 Å². The first-order valence-electron chi connectivity index (χ1n) is 6.29. The molecule has 0 aromatic heterocycles. The largest absolute Gasteiger partial charge is 0.480 e. The van der Waals surface area contributed by atoms with Crippen LogP contribution in [-0.2, 0) is 4.79 Å². The summed E-state index contributed by atoms with van der Waals surface area (Å²) in [5.74, 6) is -1.51.